The highest BCUT2D eigenvalue weighted by Gasteiger charge is 2.36. The number of hydrogen-bond acceptors (Lipinski definition) is 6. The van der Waals surface area contributed by atoms with Crippen LogP contribution < -0.4 is 19.6 Å². The highest BCUT2D eigenvalue weighted by atomic mass is 16.7. The van der Waals surface area contributed by atoms with E-state index in [-0.39, 0.29) is 11.7 Å². The molecule has 28 heavy (non-hydrogen) atoms. The molecule has 1 aromatic heterocycles. The summed E-state index contributed by atoms with van der Waals surface area (Å²) >= 11 is 0. The Bertz CT molecular complexity index is 1150. The molecule has 142 valence electrons. The van der Waals surface area contributed by atoms with Gasteiger partial charge in [0.2, 0.25) is 11.7 Å². The second-order valence-corrected chi connectivity index (χ2v) is 7.37. The molecule has 0 spiro atoms. The normalized spacial score (nSPS) is 22.4. The monoisotopic (exact) mass is 378 g/mol. The topological polar surface area (TPSA) is 67.1 Å². The van der Waals surface area contributed by atoms with Gasteiger partial charge < -0.3 is 23.4 Å². The lowest BCUT2D eigenvalue weighted by molar-refractivity contribution is -0.0697. The number of hydrogen-bond donors (Lipinski definition) is 0. The summed E-state index contributed by atoms with van der Waals surface area (Å²) in [6, 6.07) is 9.13. The van der Waals surface area contributed by atoms with Crippen LogP contribution in [0.5, 0.6) is 17.2 Å². The van der Waals surface area contributed by atoms with Crippen LogP contribution in [0.15, 0.2) is 45.8 Å². The van der Waals surface area contributed by atoms with Gasteiger partial charge in [-0.25, -0.2) is 0 Å². The van der Waals surface area contributed by atoms with Gasteiger partial charge in [-0.05, 0) is 42.7 Å². The third kappa shape index (κ3) is 2.34. The Kier molecular flexibility index (Phi) is 3.43. The van der Waals surface area contributed by atoms with Gasteiger partial charge in [-0.2, -0.15) is 0 Å². The largest absolute Gasteiger partial charge is 0.486 e. The molecular formula is C22H18O6. The van der Waals surface area contributed by atoms with E-state index in [1.807, 2.05) is 24.3 Å². The zero-order valence-corrected chi connectivity index (χ0v) is 15.1. The van der Waals surface area contributed by atoms with Gasteiger partial charge in [0.05, 0.1) is 17.6 Å². The van der Waals surface area contributed by atoms with Crippen LogP contribution in [0, 0.1) is 5.92 Å². The quantitative estimate of drug-likeness (QED) is 0.645. The van der Waals surface area contributed by atoms with Gasteiger partial charge in [-0.3, -0.25) is 4.79 Å². The summed E-state index contributed by atoms with van der Waals surface area (Å²) in [5.41, 5.74) is 2.75. The third-order valence-electron chi connectivity index (χ3n) is 5.72. The van der Waals surface area contributed by atoms with Crippen molar-refractivity contribution < 1.29 is 23.4 Å². The molecule has 3 aliphatic heterocycles. The molecular weight excluding hydrogens is 360 g/mol. The van der Waals surface area contributed by atoms with Crippen molar-refractivity contribution in [1.29, 1.82) is 0 Å². The maximum atomic E-state index is 13.2. The molecule has 0 N–H and O–H groups in total. The van der Waals surface area contributed by atoms with Crippen LogP contribution in [0.3, 0.4) is 0 Å². The van der Waals surface area contributed by atoms with E-state index in [0.29, 0.717) is 53.8 Å². The van der Waals surface area contributed by atoms with E-state index in [1.54, 1.807) is 6.07 Å². The van der Waals surface area contributed by atoms with Crippen LogP contribution >= 0.6 is 0 Å². The van der Waals surface area contributed by atoms with Crippen molar-refractivity contribution in [3.63, 3.8) is 0 Å². The molecule has 2 unspecified atom stereocenters. The van der Waals surface area contributed by atoms with Crippen molar-refractivity contribution >= 4 is 11.0 Å². The van der Waals surface area contributed by atoms with Crippen molar-refractivity contribution in [3.05, 3.63) is 52.4 Å². The maximum Gasteiger partial charge on any atom is 0.203 e. The zero-order chi connectivity index (χ0) is 18.7. The molecule has 6 rings (SSSR count). The fourth-order valence-corrected chi connectivity index (χ4v) is 4.28. The fraction of sp³-hybridized carbons (Fsp3) is 0.318. The molecule has 3 aliphatic rings. The maximum absolute atomic E-state index is 13.2. The van der Waals surface area contributed by atoms with Gasteiger partial charge in [0.25, 0.3) is 0 Å². The van der Waals surface area contributed by atoms with Gasteiger partial charge >= 0.3 is 0 Å². The molecule has 2 aromatic carbocycles. The van der Waals surface area contributed by atoms with Gasteiger partial charge in [0.1, 0.15) is 30.8 Å². The summed E-state index contributed by atoms with van der Waals surface area (Å²) in [6.07, 6.45) is 3.10. The van der Waals surface area contributed by atoms with Gasteiger partial charge in [0.15, 0.2) is 11.5 Å². The molecule has 1 fully saturated rings. The predicted octanol–water partition coefficient (Wildman–Crippen LogP) is 3.53. The summed E-state index contributed by atoms with van der Waals surface area (Å²) in [6.45, 7) is 1.74. The van der Waals surface area contributed by atoms with Crippen LogP contribution in [0.4, 0.5) is 0 Å². The first-order valence-electron chi connectivity index (χ1n) is 9.53. The number of rotatable bonds is 1. The molecule has 1 saturated heterocycles. The van der Waals surface area contributed by atoms with E-state index in [2.05, 4.69) is 0 Å². The minimum absolute atomic E-state index is 0.0643. The van der Waals surface area contributed by atoms with E-state index in [0.717, 1.165) is 29.7 Å². The van der Waals surface area contributed by atoms with Gasteiger partial charge in [0, 0.05) is 11.5 Å². The molecule has 0 bridgehead atoms. The second-order valence-electron chi connectivity index (χ2n) is 7.37. The number of fused-ring (bicyclic) bond motifs is 5. The summed E-state index contributed by atoms with van der Waals surface area (Å²) in [4.78, 5) is 13.2. The Morgan fingerprint density at radius 1 is 0.929 bits per heavy atom. The van der Waals surface area contributed by atoms with Gasteiger partial charge in [-0.1, -0.05) is 6.07 Å². The molecule has 2 atom stereocenters. The van der Waals surface area contributed by atoms with E-state index < -0.39 is 0 Å². The standard InChI is InChI=1S/C22H18O6/c23-20-14-2-4-17-15(9-13-5-6-26-22(13)28-17)21(14)27-11-16(20)12-1-3-18-19(10-12)25-8-7-24-18/h1-4,10-11,13,22H,5-9H2. The highest BCUT2D eigenvalue weighted by Crippen LogP contribution is 2.40. The molecule has 0 radical (unpaired) electrons. The van der Waals surface area contributed by atoms with Crippen molar-refractivity contribution in [2.45, 2.75) is 19.1 Å². The molecule has 6 nitrogen and oxygen atoms in total. The lowest BCUT2D eigenvalue weighted by atomic mass is 9.92. The van der Waals surface area contributed by atoms with Crippen molar-refractivity contribution in [3.8, 4) is 28.4 Å². The Balaban J connectivity index is 1.47. The summed E-state index contributed by atoms with van der Waals surface area (Å²) in [5.74, 6) is 2.39. The van der Waals surface area contributed by atoms with Crippen LogP contribution in [-0.2, 0) is 11.2 Å². The van der Waals surface area contributed by atoms with Crippen molar-refractivity contribution in [2.75, 3.05) is 19.8 Å². The Labute approximate surface area is 160 Å². The smallest absolute Gasteiger partial charge is 0.203 e. The second kappa shape index (κ2) is 6.01. The van der Waals surface area contributed by atoms with Crippen LogP contribution in [0.1, 0.15) is 12.0 Å². The molecule has 4 heterocycles. The van der Waals surface area contributed by atoms with E-state index >= 15 is 0 Å². The predicted molar refractivity (Wildman–Crippen MR) is 101 cm³/mol. The lowest BCUT2D eigenvalue weighted by Gasteiger charge is -2.27. The third-order valence-corrected chi connectivity index (χ3v) is 5.72. The molecule has 0 aliphatic carbocycles. The molecule has 0 saturated carbocycles. The first-order valence-corrected chi connectivity index (χ1v) is 9.53. The lowest BCUT2D eigenvalue weighted by Crippen LogP contribution is -2.29. The zero-order valence-electron chi connectivity index (χ0n) is 15.1. The molecule has 0 amide bonds. The van der Waals surface area contributed by atoms with Crippen molar-refractivity contribution in [1.82, 2.24) is 0 Å². The first-order chi connectivity index (χ1) is 13.8. The van der Waals surface area contributed by atoms with Crippen molar-refractivity contribution in [2.24, 2.45) is 5.92 Å². The van der Waals surface area contributed by atoms with Crippen LogP contribution in [0.25, 0.3) is 22.1 Å². The van der Waals surface area contributed by atoms with Crippen LogP contribution in [-0.4, -0.2) is 26.1 Å². The van der Waals surface area contributed by atoms with E-state index in [1.165, 1.54) is 6.26 Å². The highest BCUT2D eigenvalue weighted by molar-refractivity contribution is 5.86. The first kappa shape index (κ1) is 16.0. The minimum Gasteiger partial charge on any atom is -0.486 e. The Morgan fingerprint density at radius 2 is 1.79 bits per heavy atom. The average molecular weight is 378 g/mol. The molecule has 3 aromatic rings. The van der Waals surface area contributed by atoms with E-state index in [9.17, 15) is 4.79 Å². The number of benzene rings is 2. The van der Waals surface area contributed by atoms with E-state index in [4.69, 9.17) is 23.4 Å². The summed E-state index contributed by atoms with van der Waals surface area (Å²) in [7, 11) is 0. The Hall–Kier alpha value is -2.99. The molecule has 6 heteroatoms. The minimum atomic E-state index is -0.186. The Morgan fingerprint density at radius 3 is 2.71 bits per heavy atom. The number of ether oxygens (including phenoxy) is 4. The van der Waals surface area contributed by atoms with Crippen LogP contribution in [0.2, 0.25) is 0 Å². The van der Waals surface area contributed by atoms with Gasteiger partial charge in [-0.15, -0.1) is 0 Å². The summed E-state index contributed by atoms with van der Waals surface area (Å²) in [5, 5.41) is 0.562. The SMILES string of the molecule is O=c1c(-c2ccc3c(c2)OCCO3)coc2c3c(ccc12)OC1OCCC1C3. The average Bonchev–Trinajstić information content (AvgIpc) is 3.19. The summed E-state index contributed by atoms with van der Waals surface area (Å²) < 4.78 is 28.8. The fourth-order valence-electron chi connectivity index (χ4n) is 4.28.